The Bertz CT molecular complexity index is 907. The maximum Gasteiger partial charge on any atom is 0.256 e. The van der Waals surface area contributed by atoms with Crippen LogP contribution in [0.3, 0.4) is 0 Å². The number of hydrogen-bond donors (Lipinski definition) is 1. The summed E-state index contributed by atoms with van der Waals surface area (Å²) in [6.45, 7) is 0.949. The topological polar surface area (TPSA) is 73.7 Å². The number of aliphatic hydroxyl groups excluding tert-OH is 1. The average molecular weight is 391 g/mol. The van der Waals surface area contributed by atoms with E-state index in [9.17, 15) is 14.7 Å². The maximum atomic E-state index is 13.3. The monoisotopic (exact) mass is 391 g/mol. The Kier molecular flexibility index (Phi) is 4.39. The molecule has 2 aliphatic heterocycles. The summed E-state index contributed by atoms with van der Waals surface area (Å²) in [6.07, 6.45) is 6.12. The minimum absolute atomic E-state index is 0.0132. The molecule has 0 radical (unpaired) electrons. The van der Waals surface area contributed by atoms with Crippen molar-refractivity contribution in [3.8, 4) is 0 Å². The molecule has 2 aromatic rings. The molecule has 1 spiro atoms. The Morgan fingerprint density at radius 2 is 1.86 bits per heavy atom. The minimum Gasteiger partial charge on any atom is -0.394 e. The van der Waals surface area contributed by atoms with Crippen molar-refractivity contribution in [1.82, 2.24) is 14.8 Å². The van der Waals surface area contributed by atoms with Crippen molar-refractivity contribution in [3.05, 3.63) is 66.0 Å². The second kappa shape index (κ2) is 6.95. The summed E-state index contributed by atoms with van der Waals surface area (Å²) in [6, 6.07) is 13.2. The summed E-state index contributed by atoms with van der Waals surface area (Å²) in [5, 5.41) is 10.1. The van der Waals surface area contributed by atoms with Gasteiger partial charge < -0.3 is 14.9 Å². The van der Waals surface area contributed by atoms with Gasteiger partial charge in [-0.25, -0.2) is 0 Å². The lowest BCUT2D eigenvalue weighted by atomic mass is 9.60. The summed E-state index contributed by atoms with van der Waals surface area (Å²) < 4.78 is 0. The van der Waals surface area contributed by atoms with Gasteiger partial charge in [0.1, 0.15) is 0 Å². The number of hydrogen-bond acceptors (Lipinski definition) is 4. The van der Waals surface area contributed by atoms with Crippen LogP contribution in [0.4, 0.5) is 0 Å². The first-order chi connectivity index (χ1) is 14.1. The second-order valence-electron chi connectivity index (χ2n) is 8.56. The second-order valence-corrected chi connectivity index (χ2v) is 8.56. The SMILES string of the molecule is O=C(CC1CC1)N1CC2(C1)[C@H](c1ccccc1)[C@H](CO)N2C(=O)c1cccnc1. The molecule has 2 atom stereocenters. The van der Waals surface area contributed by atoms with Gasteiger partial charge in [-0.3, -0.25) is 14.6 Å². The molecule has 1 aromatic carbocycles. The zero-order valence-electron chi connectivity index (χ0n) is 16.3. The van der Waals surface area contributed by atoms with E-state index in [0.29, 0.717) is 31.0 Å². The van der Waals surface area contributed by atoms with Crippen LogP contribution in [0.15, 0.2) is 54.9 Å². The standard InChI is InChI=1S/C23H25N3O3/c27-13-19-21(17-5-2-1-3-6-17)23(14-25(15-23)20(28)11-16-8-9-16)26(19)22(29)18-7-4-10-24-12-18/h1-7,10,12,16,19,21,27H,8-9,11,13-15H2/t19-,21+/m0/s1. The van der Waals surface area contributed by atoms with Crippen LogP contribution in [0.5, 0.6) is 0 Å². The number of carbonyl (C=O) groups excluding carboxylic acids is 2. The first-order valence-corrected chi connectivity index (χ1v) is 10.3. The number of aromatic nitrogens is 1. The molecule has 29 heavy (non-hydrogen) atoms. The van der Waals surface area contributed by atoms with E-state index in [1.165, 1.54) is 0 Å². The average Bonchev–Trinajstić information content (AvgIpc) is 3.52. The van der Waals surface area contributed by atoms with Crippen LogP contribution in [0.2, 0.25) is 0 Å². The smallest absolute Gasteiger partial charge is 0.256 e. The molecule has 5 rings (SSSR count). The van der Waals surface area contributed by atoms with E-state index in [1.807, 2.05) is 28.0 Å². The highest BCUT2D eigenvalue weighted by molar-refractivity contribution is 5.96. The summed E-state index contributed by atoms with van der Waals surface area (Å²) in [5.74, 6) is 0.618. The van der Waals surface area contributed by atoms with Crippen molar-refractivity contribution in [2.24, 2.45) is 5.92 Å². The van der Waals surface area contributed by atoms with Gasteiger partial charge in [0.25, 0.3) is 5.91 Å². The number of aliphatic hydroxyl groups is 1. The van der Waals surface area contributed by atoms with Gasteiger partial charge in [-0.15, -0.1) is 0 Å². The normalized spacial score (nSPS) is 24.7. The molecule has 1 N–H and O–H groups in total. The first kappa shape index (κ1) is 18.3. The quantitative estimate of drug-likeness (QED) is 0.847. The van der Waals surface area contributed by atoms with E-state index >= 15 is 0 Å². The fraction of sp³-hybridized carbons (Fsp3) is 0.435. The highest BCUT2D eigenvalue weighted by Crippen LogP contribution is 2.54. The van der Waals surface area contributed by atoms with Crippen LogP contribution in [0.25, 0.3) is 0 Å². The third-order valence-electron chi connectivity index (χ3n) is 6.69. The van der Waals surface area contributed by atoms with Gasteiger partial charge in [0.2, 0.25) is 5.91 Å². The summed E-state index contributed by atoms with van der Waals surface area (Å²) in [4.78, 5) is 33.7. The molecule has 6 heteroatoms. The van der Waals surface area contributed by atoms with Gasteiger partial charge in [-0.05, 0) is 36.5 Å². The molecule has 6 nitrogen and oxygen atoms in total. The van der Waals surface area contributed by atoms with Crippen LogP contribution in [0.1, 0.15) is 41.1 Å². The molecule has 3 heterocycles. The highest BCUT2D eigenvalue weighted by atomic mass is 16.3. The molecule has 3 fully saturated rings. The molecule has 0 unspecified atom stereocenters. The summed E-state index contributed by atoms with van der Waals surface area (Å²) in [7, 11) is 0. The first-order valence-electron chi connectivity index (χ1n) is 10.3. The predicted octanol–water partition coefficient (Wildman–Crippen LogP) is 2.06. The Hall–Kier alpha value is -2.73. The Morgan fingerprint density at radius 3 is 2.48 bits per heavy atom. The van der Waals surface area contributed by atoms with E-state index in [0.717, 1.165) is 18.4 Å². The molecular weight excluding hydrogens is 366 g/mol. The van der Waals surface area contributed by atoms with E-state index < -0.39 is 5.54 Å². The molecular formula is C23H25N3O3. The molecule has 1 saturated carbocycles. The molecule has 2 amide bonds. The maximum absolute atomic E-state index is 13.3. The number of amides is 2. The Morgan fingerprint density at radius 1 is 1.10 bits per heavy atom. The lowest BCUT2D eigenvalue weighted by Crippen LogP contribution is -2.86. The highest BCUT2D eigenvalue weighted by Gasteiger charge is 2.68. The van der Waals surface area contributed by atoms with Crippen molar-refractivity contribution in [1.29, 1.82) is 0 Å². The number of benzene rings is 1. The van der Waals surface area contributed by atoms with Crippen LogP contribution >= 0.6 is 0 Å². The van der Waals surface area contributed by atoms with Crippen LogP contribution in [-0.4, -0.2) is 63.0 Å². The largest absolute Gasteiger partial charge is 0.394 e. The number of likely N-dealkylation sites (tertiary alicyclic amines) is 2. The van der Waals surface area contributed by atoms with Crippen molar-refractivity contribution in [3.63, 3.8) is 0 Å². The molecule has 1 aliphatic carbocycles. The van der Waals surface area contributed by atoms with E-state index in [4.69, 9.17) is 0 Å². The zero-order valence-corrected chi connectivity index (χ0v) is 16.3. The van der Waals surface area contributed by atoms with Gasteiger partial charge in [0.05, 0.1) is 23.8 Å². The predicted molar refractivity (Wildman–Crippen MR) is 107 cm³/mol. The van der Waals surface area contributed by atoms with Crippen molar-refractivity contribution in [2.45, 2.75) is 36.8 Å². The van der Waals surface area contributed by atoms with E-state index in [1.54, 1.807) is 24.5 Å². The number of nitrogens with zero attached hydrogens (tertiary/aromatic N) is 3. The lowest BCUT2D eigenvalue weighted by molar-refractivity contribution is -0.178. The molecule has 3 aliphatic rings. The van der Waals surface area contributed by atoms with E-state index in [-0.39, 0.29) is 30.4 Å². The Labute approximate surface area is 170 Å². The third-order valence-corrected chi connectivity index (χ3v) is 6.69. The molecule has 2 saturated heterocycles. The Balaban J connectivity index is 1.45. The molecule has 1 aromatic heterocycles. The van der Waals surface area contributed by atoms with Gasteiger partial charge >= 0.3 is 0 Å². The van der Waals surface area contributed by atoms with Gasteiger partial charge in [0.15, 0.2) is 0 Å². The minimum atomic E-state index is -0.457. The van der Waals surface area contributed by atoms with E-state index in [2.05, 4.69) is 17.1 Å². The van der Waals surface area contributed by atoms with Crippen LogP contribution in [0, 0.1) is 5.92 Å². The van der Waals surface area contributed by atoms with Gasteiger partial charge in [-0.1, -0.05) is 30.3 Å². The molecule has 150 valence electrons. The van der Waals surface area contributed by atoms with Crippen molar-refractivity contribution >= 4 is 11.8 Å². The lowest BCUT2D eigenvalue weighted by Gasteiger charge is -2.70. The number of carbonyl (C=O) groups is 2. The van der Waals surface area contributed by atoms with Crippen molar-refractivity contribution < 1.29 is 14.7 Å². The number of rotatable bonds is 5. The van der Waals surface area contributed by atoms with Crippen LogP contribution < -0.4 is 0 Å². The molecule has 0 bridgehead atoms. The van der Waals surface area contributed by atoms with Crippen molar-refractivity contribution in [2.75, 3.05) is 19.7 Å². The summed E-state index contributed by atoms with van der Waals surface area (Å²) in [5.41, 5.74) is 1.16. The van der Waals surface area contributed by atoms with Crippen LogP contribution in [-0.2, 0) is 4.79 Å². The van der Waals surface area contributed by atoms with Gasteiger partial charge in [-0.2, -0.15) is 0 Å². The third kappa shape index (κ3) is 2.94. The fourth-order valence-corrected chi connectivity index (χ4v) is 5.10. The summed E-state index contributed by atoms with van der Waals surface area (Å²) >= 11 is 0. The fourth-order valence-electron chi connectivity index (χ4n) is 5.10. The zero-order chi connectivity index (χ0) is 20.0. The van der Waals surface area contributed by atoms with Gasteiger partial charge in [0, 0.05) is 37.8 Å². The number of pyridine rings is 1.